The standard InChI is InChI=1S/C17H12N4O2/c22-17-19-8-6-13(21-17)12-10-20-16-15(12)14(7-9-18-16)23-11-4-2-1-3-5-11/h1-10H,(H,18,20)(H,19,21,22). The number of aromatic amines is 1. The van der Waals surface area contributed by atoms with Gasteiger partial charge in [-0.15, -0.1) is 0 Å². The van der Waals surface area contributed by atoms with Crippen LogP contribution in [0.25, 0.3) is 22.3 Å². The van der Waals surface area contributed by atoms with Gasteiger partial charge >= 0.3 is 6.01 Å². The number of ether oxygens (including phenoxy) is 1. The fraction of sp³-hybridized carbons (Fsp3) is 0. The van der Waals surface area contributed by atoms with Crippen LogP contribution < -0.4 is 4.74 Å². The van der Waals surface area contributed by atoms with Crippen LogP contribution in [0.1, 0.15) is 0 Å². The maximum absolute atomic E-state index is 9.51. The van der Waals surface area contributed by atoms with Gasteiger partial charge in [0.05, 0.1) is 11.1 Å². The largest absolute Gasteiger partial charge is 0.479 e. The molecule has 0 amide bonds. The van der Waals surface area contributed by atoms with Crippen molar-refractivity contribution in [2.75, 3.05) is 0 Å². The number of nitrogens with zero attached hydrogens (tertiary/aromatic N) is 3. The highest BCUT2D eigenvalue weighted by Crippen LogP contribution is 2.35. The lowest BCUT2D eigenvalue weighted by molar-refractivity contribution is 0.431. The summed E-state index contributed by atoms with van der Waals surface area (Å²) in [5.41, 5.74) is 2.07. The van der Waals surface area contributed by atoms with Gasteiger partial charge in [0.15, 0.2) is 0 Å². The molecule has 2 N–H and O–H groups in total. The predicted molar refractivity (Wildman–Crippen MR) is 85.3 cm³/mol. The first-order valence-corrected chi connectivity index (χ1v) is 7.02. The zero-order valence-electron chi connectivity index (χ0n) is 12.0. The van der Waals surface area contributed by atoms with E-state index in [1.165, 1.54) is 6.20 Å². The van der Waals surface area contributed by atoms with Crippen LogP contribution in [0.15, 0.2) is 61.1 Å². The van der Waals surface area contributed by atoms with E-state index >= 15 is 0 Å². The molecule has 3 aromatic heterocycles. The van der Waals surface area contributed by atoms with Crippen LogP contribution in [-0.2, 0) is 0 Å². The minimum absolute atomic E-state index is 0.272. The summed E-state index contributed by atoms with van der Waals surface area (Å²) in [5.74, 6) is 1.40. The van der Waals surface area contributed by atoms with Crippen molar-refractivity contribution in [2.24, 2.45) is 0 Å². The minimum Gasteiger partial charge on any atom is -0.479 e. The molecule has 0 aliphatic rings. The summed E-state index contributed by atoms with van der Waals surface area (Å²) >= 11 is 0. The molecule has 112 valence electrons. The quantitative estimate of drug-likeness (QED) is 0.605. The van der Waals surface area contributed by atoms with Crippen molar-refractivity contribution in [3.8, 4) is 28.8 Å². The number of nitrogens with one attached hydrogen (secondary N) is 1. The average Bonchev–Trinajstić information content (AvgIpc) is 3.01. The molecule has 0 atom stereocenters. The lowest BCUT2D eigenvalue weighted by Crippen LogP contribution is -1.89. The molecule has 0 radical (unpaired) electrons. The molecule has 4 rings (SSSR count). The molecule has 0 bridgehead atoms. The highest BCUT2D eigenvalue weighted by atomic mass is 16.5. The Labute approximate surface area is 131 Å². The van der Waals surface area contributed by atoms with E-state index in [4.69, 9.17) is 4.74 Å². The number of rotatable bonds is 3. The second-order valence-electron chi connectivity index (χ2n) is 4.89. The van der Waals surface area contributed by atoms with E-state index in [9.17, 15) is 5.11 Å². The van der Waals surface area contributed by atoms with Crippen molar-refractivity contribution in [1.29, 1.82) is 0 Å². The van der Waals surface area contributed by atoms with Crippen LogP contribution in [0.4, 0.5) is 0 Å². The van der Waals surface area contributed by atoms with Crippen LogP contribution in [0.5, 0.6) is 17.5 Å². The van der Waals surface area contributed by atoms with Crippen LogP contribution in [0.3, 0.4) is 0 Å². The first-order valence-electron chi connectivity index (χ1n) is 7.02. The first kappa shape index (κ1) is 13.3. The molecule has 0 fully saturated rings. The summed E-state index contributed by atoms with van der Waals surface area (Å²) in [6, 6.07) is 12.8. The van der Waals surface area contributed by atoms with E-state index in [-0.39, 0.29) is 6.01 Å². The Bertz CT molecular complexity index is 967. The summed E-state index contributed by atoms with van der Waals surface area (Å²) in [5, 5.41) is 10.3. The van der Waals surface area contributed by atoms with Gasteiger partial charge in [0, 0.05) is 24.2 Å². The maximum Gasteiger partial charge on any atom is 0.314 e. The minimum atomic E-state index is -0.272. The molecule has 1 aromatic carbocycles. The van der Waals surface area contributed by atoms with Gasteiger partial charge in [-0.25, -0.2) is 9.97 Å². The van der Waals surface area contributed by atoms with Crippen LogP contribution >= 0.6 is 0 Å². The first-order chi connectivity index (χ1) is 11.3. The summed E-state index contributed by atoms with van der Waals surface area (Å²) in [7, 11) is 0. The number of pyridine rings is 1. The second kappa shape index (κ2) is 5.42. The Morgan fingerprint density at radius 1 is 0.957 bits per heavy atom. The van der Waals surface area contributed by atoms with Crippen molar-refractivity contribution in [3.63, 3.8) is 0 Å². The third kappa shape index (κ3) is 2.46. The Kier molecular flexibility index (Phi) is 3.12. The monoisotopic (exact) mass is 304 g/mol. The summed E-state index contributed by atoms with van der Waals surface area (Å²) in [6.45, 7) is 0. The maximum atomic E-state index is 9.51. The predicted octanol–water partition coefficient (Wildman–Crippen LogP) is 3.52. The molecule has 0 aliphatic carbocycles. The van der Waals surface area contributed by atoms with Crippen LogP contribution in [0.2, 0.25) is 0 Å². The van der Waals surface area contributed by atoms with Crippen molar-refractivity contribution in [1.82, 2.24) is 19.9 Å². The number of benzene rings is 1. The number of hydrogen-bond donors (Lipinski definition) is 2. The Morgan fingerprint density at radius 2 is 1.78 bits per heavy atom. The molecule has 0 unspecified atom stereocenters. The molecule has 4 aromatic rings. The number of hydrogen-bond acceptors (Lipinski definition) is 5. The molecule has 6 heteroatoms. The van der Waals surface area contributed by atoms with E-state index < -0.39 is 0 Å². The number of para-hydroxylation sites is 1. The van der Waals surface area contributed by atoms with Gasteiger partial charge < -0.3 is 14.8 Å². The third-order valence-corrected chi connectivity index (χ3v) is 3.43. The molecule has 0 aliphatic heterocycles. The van der Waals surface area contributed by atoms with Gasteiger partial charge in [0.1, 0.15) is 17.1 Å². The highest BCUT2D eigenvalue weighted by Gasteiger charge is 2.14. The molecule has 0 saturated carbocycles. The topological polar surface area (TPSA) is 83.9 Å². The van der Waals surface area contributed by atoms with Crippen molar-refractivity contribution >= 4 is 11.0 Å². The Hall–Kier alpha value is -3.41. The summed E-state index contributed by atoms with van der Waals surface area (Å²) in [6.07, 6.45) is 4.97. The summed E-state index contributed by atoms with van der Waals surface area (Å²) in [4.78, 5) is 15.2. The van der Waals surface area contributed by atoms with E-state index in [0.29, 0.717) is 17.1 Å². The Balaban J connectivity index is 1.87. The normalized spacial score (nSPS) is 10.8. The third-order valence-electron chi connectivity index (χ3n) is 3.43. The molecular weight excluding hydrogens is 292 g/mol. The van der Waals surface area contributed by atoms with Gasteiger partial charge in [-0.2, -0.15) is 4.98 Å². The van der Waals surface area contributed by atoms with E-state index in [1.807, 2.05) is 30.3 Å². The fourth-order valence-corrected chi connectivity index (χ4v) is 2.43. The molecular formula is C17H12N4O2. The molecule has 3 heterocycles. The smallest absolute Gasteiger partial charge is 0.314 e. The molecule has 0 spiro atoms. The number of aromatic nitrogens is 4. The second-order valence-corrected chi connectivity index (χ2v) is 4.89. The van der Waals surface area contributed by atoms with Crippen molar-refractivity contribution < 1.29 is 9.84 Å². The molecule has 6 nitrogen and oxygen atoms in total. The zero-order chi connectivity index (χ0) is 15.6. The van der Waals surface area contributed by atoms with E-state index in [0.717, 1.165) is 16.7 Å². The lowest BCUT2D eigenvalue weighted by atomic mass is 10.1. The summed E-state index contributed by atoms with van der Waals surface area (Å²) < 4.78 is 5.98. The van der Waals surface area contributed by atoms with Gasteiger partial charge in [0.25, 0.3) is 0 Å². The van der Waals surface area contributed by atoms with Crippen LogP contribution in [-0.4, -0.2) is 25.0 Å². The van der Waals surface area contributed by atoms with Gasteiger partial charge in [-0.1, -0.05) is 18.2 Å². The number of H-pyrrole nitrogens is 1. The van der Waals surface area contributed by atoms with Crippen molar-refractivity contribution in [3.05, 3.63) is 61.1 Å². The highest BCUT2D eigenvalue weighted by molar-refractivity contribution is 5.97. The average molecular weight is 304 g/mol. The number of aromatic hydroxyl groups is 1. The fourth-order valence-electron chi connectivity index (χ4n) is 2.43. The molecule has 23 heavy (non-hydrogen) atoms. The molecule has 0 saturated heterocycles. The van der Waals surface area contributed by atoms with E-state index in [2.05, 4.69) is 19.9 Å². The SMILES string of the molecule is Oc1nccc(-c2c[nH]c3nccc(Oc4ccccc4)c23)n1. The van der Waals surface area contributed by atoms with Gasteiger partial charge in [-0.3, -0.25) is 0 Å². The zero-order valence-corrected chi connectivity index (χ0v) is 12.0. The number of fused-ring (bicyclic) bond motifs is 1. The van der Waals surface area contributed by atoms with Gasteiger partial charge in [0.2, 0.25) is 0 Å². The lowest BCUT2D eigenvalue weighted by Gasteiger charge is -2.08. The van der Waals surface area contributed by atoms with E-state index in [1.54, 1.807) is 24.5 Å². The van der Waals surface area contributed by atoms with Crippen LogP contribution in [0, 0.1) is 0 Å². The van der Waals surface area contributed by atoms with Crippen molar-refractivity contribution in [2.45, 2.75) is 0 Å². The Morgan fingerprint density at radius 3 is 2.61 bits per heavy atom. The van der Waals surface area contributed by atoms with Gasteiger partial charge in [-0.05, 0) is 24.3 Å².